The van der Waals surface area contributed by atoms with E-state index in [0.29, 0.717) is 22.8 Å². The van der Waals surface area contributed by atoms with Crippen molar-refractivity contribution in [2.24, 2.45) is 0 Å². The summed E-state index contributed by atoms with van der Waals surface area (Å²) in [4.78, 5) is 13.4. The quantitative estimate of drug-likeness (QED) is 0.674. The summed E-state index contributed by atoms with van der Waals surface area (Å²) in [5.41, 5.74) is 2.34. The van der Waals surface area contributed by atoms with Gasteiger partial charge in [0, 0.05) is 0 Å². The van der Waals surface area contributed by atoms with Crippen molar-refractivity contribution < 1.29 is 23.7 Å². The van der Waals surface area contributed by atoms with Gasteiger partial charge in [0.15, 0.2) is 17.3 Å². The van der Waals surface area contributed by atoms with Crippen molar-refractivity contribution in [2.75, 3.05) is 13.9 Å². The highest BCUT2D eigenvalue weighted by molar-refractivity contribution is 6.04. The Bertz CT molecular complexity index is 1040. The molecule has 2 atom stereocenters. The lowest BCUT2D eigenvalue weighted by atomic mass is 9.81. The maximum absolute atomic E-state index is 13.4. The third-order valence-electron chi connectivity index (χ3n) is 5.19. The van der Waals surface area contributed by atoms with E-state index >= 15 is 0 Å². The number of ketones is 1. The van der Waals surface area contributed by atoms with Crippen LogP contribution in [0.4, 0.5) is 0 Å². The Morgan fingerprint density at radius 3 is 2.43 bits per heavy atom. The molecular formula is C23H18O5. The second-order valence-corrected chi connectivity index (χ2v) is 6.76. The molecule has 0 spiro atoms. The van der Waals surface area contributed by atoms with Crippen LogP contribution in [0.2, 0.25) is 0 Å². The van der Waals surface area contributed by atoms with E-state index in [2.05, 4.69) is 0 Å². The number of methoxy groups -OCH3 is 1. The fourth-order valence-electron chi connectivity index (χ4n) is 3.77. The lowest BCUT2D eigenvalue weighted by Gasteiger charge is -2.33. The first-order chi connectivity index (χ1) is 13.7. The summed E-state index contributed by atoms with van der Waals surface area (Å²) in [7, 11) is 1.63. The average Bonchev–Trinajstić information content (AvgIpc) is 3.21. The number of hydrogen-bond acceptors (Lipinski definition) is 5. The molecule has 2 aliphatic rings. The maximum atomic E-state index is 13.4. The molecule has 2 heterocycles. The summed E-state index contributed by atoms with van der Waals surface area (Å²) in [6, 6.07) is 20.6. The fraction of sp³-hybridized carbons (Fsp3) is 0.174. The van der Waals surface area contributed by atoms with E-state index in [1.165, 1.54) is 0 Å². The lowest BCUT2D eigenvalue weighted by Crippen LogP contribution is -2.30. The van der Waals surface area contributed by atoms with E-state index in [4.69, 9.17) is 18.9 Å². The van der Waals surface area contributed by atoms with Gasteiger partial charge in [-0.2, -0.15) is 0 Å². The van der Waals surface area contributed by atoms with Crippen molar-refractivity contribution in [3.8, 4) is 23.0 Å². The largest absolute Gasteiger partial charge is 0.497 e. The summed E-state index contributed by atoms with van der Waals surface area (Å²) in [6.07, 6.45) is -0.450. The lowest BCUT2D eigenvalue weighted by molar-refractivity contribution is 0.0781. The normalized spacial score (nSPS) is 19.7. The van der Waals surface area contributed by atoms with Gasteiger partial charge in [-0.25, -0.2) is 0 Å². The SMILES string of the molecule is COc1ccc([C@@H]2Oc3ccccc3C(=O)[C@@H]2c2ccc3c(c2)OCO3)cc1. The molecule has 0 saturated carbocycles. The first-order valence-electron chi connectivity index (χ1n) is 9.08. The number of hydrogen-bond donors (Lipinski definition) is 0. The average molecular weight is 374 g/mol. The molecule has 5 nitrogen and oxygen atoms in total. The zero-order valence-electron chi connectivity index (χ0n) is 15.3. The zero-order valence-corrected chi connectivity index (χ0v) is 15.3. The Labute approximate surface area is 162 Å². The van der Waals surface area contributed by atoms with Crippen LogP contribution in [-0.2, 0) is 0 Å². The number of rotatable bonds is 3. The smallest absolute Gasteiger partial charge is 0.231 e. The van der Waals surface area contributed by atoms with Gasteiger partial charge in [0.1, 0.15) is 17.6 Å². The van der Waals surface area contributed by atoms with Gasteiger partial charge in [0.2, 0.25) is 6.79 Å². The molecule has 0 aliphatic carbocycles. The number of para-hydroxylation sites is 1. The van der Waals surface area contributed by atoms with Crippen LogP contribution >= 0.6 is 0 Å². The Morgan fingerprint density at radius 1 is 0.857 bits per heavy atom. The summed E-state index contributed by atoms with van der Waals surface area (Å²) in [6.45, 7) is 0.193. The van der Waals surface area contributed by atoms with Gasteiger partial charge in [0.25, 0.3) is 0 Å². The monoisotopic (exact) mass is 374 g/mol. The van der Waals surface area contributed by atoms with E-state index in [-0.39, 0.29) is 12.6 Å². The summed E-state index contributed by atoms with van der Waals surface area (Å²) >= 11 is 0. The fourth-order valence-corrected chi connectivity index (χ4v) is 3.77. The standard InChI is InChI=1S/C23H18O5/c1-25-16-9-6-14(7-10-16)23-21(15-8-11-19-20(12-15)27-13-26-19)22(24)17-4-2-3-5-18(17)28-23/h2-12,21,23H,13H2,1H3/t21-,23-/m0/s1. The Morgan fingerprint density at radius 2 is 1.61 bits per heavy atom. The third-order valence-corrected chi connectivity index (χ3v) is 5.19. The molecule has 0 aromatic heterocycles. The highest BCUT2D eigenvalue weighted by Gasteiger charge is 2.39. The molecule has 28 heavy (non-hydrogen) atoms. The predicted octanol–water partition coefficient (Wildman–Crippen LogP) is 4.52. The predicted molar refractivity (Wildman–Crippen MR) is 102 cm³/mol. The number of Topliss-reactive ketones (excluding diaryl/α,β-unsaturated/α-hetero) is 1. The van der Waals surface area contributed by atoms with Gasteiger partial charge in [-0.05, 0) is 47.5 Å². The molecule has 2 aliphatic heterocycles. The van der Waals surface area contributed by atoms with Crippen LogP contribution in [0.15, 0.2) is 66.7 Å². The second-order valence-electron chi connectivity index (χ2n) is 6.76. The molecule has 3 aromatic rings. The topological polar surface area (TPSA) is 54.0 Å². The van der Waals surface area contributed by atoms with E-state index in [1.807, 2.05) is 66.7 Å². The number of ether oxygens (including phenoxy) is 4. The first kappa shape index (κ1) is 16.7. The van der Waals surface area contributed by atoms with Crippen molar-refractivity contribution in [1.29, 1.82) is 0 Å². The Kier molecular flexibility index (Phi) is 3.93. The minimum atomic E-state index is -0.488. The minimum Gasteiger partial charge on any atom is -0.497 e. The molecule has 5 heteroatoms. The molecule has 0 fully saturated rings. The van der Waals surface area contributed by atoms with Crippen LogP contribution in [0.5, 0.6) is 23.0 Å². The molecule has 0 unspecified atom stereocenters. The van der Waals surface area contributed by atoms with Crippen molar-refractivity contribution in [3.63, 3.8) is 0 Å². The molecule has 3 aromatic carbocycles. The van der Waals surface area contributed by atoms with E-state index in [9.17, 15) is 4.79 Å². The Hall–Kier alpha value is -3.47. The first-order valence-corrected chi connectivity index (χ1v) is 9.08. The molecule has 5 rings (SSSR count). The van der Waals surface area contributed by atoms with E-state index in [1.54, 1.807) is 7.11 Å². The van der Waals surface area contributed by atoms with Crippen molar-refractivity contribution >= 4 is 5.78 Å². The molecule has 0 radical (unpaired) electrons. The third kappa shape index (κ3) is 2.67. The summed E-state index contributed by atoms with van der Waals surface area (Å²) < 4.78 is 22.5. The van der Waals surface area contributed by atoms with Crippen LogP contribution in [0.3, 0.4) is 0 Å². The van der Waals surface area contributed by atoms with Gasteiger partial charge >= 0.3 is 0 Å². The number of fused-ring (bicyclic) bond motifs is 2. The molecular weight excluding hydrogens is 356 g/mol. The van der Waals surface area contributed by atoms with Gasteiger partial charge in [0.05, 0.1) is 18.6 Å². The van der Waals surface area contributed by atoms with Gasteiger partial charge < -0.3 is 18.9 Å². The molecule has 0 amide bonds. The van der Waals surface area contributed by atoms with Crippen molar-refractivity contribution in [1.82, 2.24) is 0 Å². The van der Waals surface area contributed by atoms with Crippen LogP contribution in [-0.4, -0.2) is 19.7 Å². The second kappa shape index (κ2) is 6.60. The minimum absolute atomic E-state index is 0.0292. The van der Waals surface area contributed by atoms with E-state index < -0.39 is 12.0 Å². The van der Waals surface area contributed by atoms with Crippen molar-refractivity contribution in [3.05, 3.63) is 83.4 Å². The number of benzene rings is 3. The van der Waals surface area contributed by atoms with Crippen molar-refractivity contribution in [2.45, 2.75) is 12.0 Å². The zero-order chi connectivity index (χ0) is 19.1. The molecule has 0 N–H and O–H groups in total. The summed E-state index contributed by atoms with van der Waals surface area (Å²) in [5.74, 6) is 2.24. The number of carbonyl (C=O) groups is 1. The van der Waals surface area contributed by atoms with E-state index in [0.717, 1.165) is 16.9 Å². The van der Waals surface area contributed by atoms with Crippen LogP contribution in [0, 0.1) is 0 Å². The molecule has 0 saturated heterocycles. The maximum Gasteiger partial charge on any atom is 0.231 e. The van der Waals surface area contributed by atoms with Gasteiger partial charge in [-0.3, -0.25) is 4.79 Å². The molecule has 140 valence electrons. The van der Waals surface area contributed by atoms with Gasteiger partial charge in [-0.15, -0.1) is 0 Å². The highest BCUT2D eigenvalue weighted by Crippen LogP contribution is 2.46. The summed E-state index contributed by atoms with van der Waals surface area (Å²) in [5, 5.41) is 0. The van der Waals surface area contributed by atoms with Crippen LogP contribution in [0.25, 0.3) is 0 Å². The highest BCUT2D eigenvalue weighted by atomic mass is 16.7. The number of carbonyl (C=O) groups excluding carboxylic acids is 1. The molecule has 0 bridgehead atoms. The van der Waals surface area contributed by atoms with Crippen LogP contribution < -0.4 is 18.9 Å². The van der Waals surface area contributed by atoms with Crippen LogP contribution in [0.1, 0.15) is 33.5 Å². The Balaban J connectivity index is 1.62. The van der Waals surface area contributed by atoms with Gasteiger partial charge in [-0.1, -0.05) is 30.3 Å².